The third-order valence-electron chi connectivity index (χ3n) is 5.65. The van der Waals surface area contributed by atoms with Crippen LogP contribution in [0.25, 0.3) is 0 Å². The van der Waals surface area contributed by atoms with Gasteiger partial charge in [0, 0.05) is 11.3 Å². The zero-order chi connectivity index (χ0) is 22.5. The van der Waals surface area contributed by atoms with E-state index in [-0.39, 0.29) is 11.8 Å². The fourth-order valence-corrected chi connectivity index (χ4v) is 4.28. The van der Waals surface area contributed by atoms with Crippen molar-refractivity contribution < 1.29 is 23.6 Å². The summed E-state index contributed by atoms with van der Waals surface area (Å²) in [5, 5.41) is 3.42. The summed E-state index contributed by atoms with van der Waals surface area (Å²) in [5.41, 5.74) is 1.53. The minimum atomic E-state index is -0.419. The Morgan fingerprint density at radius 2 is 1.84 bits per heavy atom. The van der Waals surface area contributed by atoms with Gasteiger partial charge in [0.15, 0.2) is 11.8 Å². The Labute approximate surface area is 191 Å². The number of ether oxygens (including phenoxy) is 1. The monoisotopic (exact) mass is 454 g/mol. The fourth-order valence-electron chi connectivity index (χ4n) is 4.02. The number of carbonyl (C=O) groups excluding carboxylic acids is 2. The summed E-state index contributed by atoms with van der Waals surface area (Å²) in [6, 6.07) is 17.8. The summed E-state index contributed by atoms with van der Waals surface area (Å²) < 4.78 is 10.4. The van der Waals surface area contributed by atoms with Crippen LogP contribution in [0, 0.1) is 0 Å². The molecule has 0 radical (unpaired) electrons. The van der Waals surface area contributed by atoms with Crippen molar-refractivity contribution in [3.05, 3.63) is 83.3 Å². The highest BCUT2D eigenvalue weighted by atomic mass is 35.5. The van der Waals surface area contributed by atoms with Crippen LogP contribution in [-0.4, -0.2) is 50.0 Å². The highest BCUT2D eigenvalue weighted by Gasteiger charge is 2.35. The number of rotatable bonds is 6. The van der Waals surface area contributed by atoms with E-state index >= 15 is 0 Å². The number of halogens is 1. The van der Waals surface area contributed by atoms with Crippen LogP contribution in [0.4, 0.5) is 5.69 Å². The number of amides is 2. The van der Waals surface area contributed by atoms with Crippen molar-refractivity contribution in [2.75, 3.05) is 38.6 Å². The Hall–Kier alpha value is -3.29. The van der Waals surface area contributed by atoms with Gasteiger partial charge in [-0.2, -0.15) is 0 Å². The van der Waals surface area contributed by atoms with Gasteiger partial charge in [-0.05, 0) is 30.3 Å². The molecular formula is C24H25ClN3O4+. The zero-order valence-electron chi connectivity index (χ0n) is 17.7. The molecule has 2 heterocycles. The summed E-state index contributed by atoms with van der Waals surface area (Å²) in [4.78, 5) is 28.8. The van der Waals surface area contributed by atoms with Crippen LogP contribution in [0.5, 0.6) is 5.75 Å². The normalized spacial score (nSPS) is 15.2. The first-order chi connectivity index (χ1) is 15.6. The summed E-state index contributed by atoms with van der Waals surface area (Å²) >= 11 is 6.22. The quantitative estimate of drug-likeness (QED) is 0.600. The van der Waals surface area contributed by atoms with Gasteiger partial charge in [-0.15, -0.1) is 0 Å². The number of nitrogens with zero attached hydrogens (tertiary/aromatic N) is 1. The van der Waals surface area contributed by atoms with Gasteiger partial charge in [0.2, 0.25) is 0 Å². The molecule has 1 aliphatic rings. The third-order valence-corrected chi connectivity index (χ3v) is 5.94. The van der Waals surface area contributed by atoms with Crippen LogP contribution in [0.3, 0.4) is 0 Å². The van der Waals surface area contributed by atoms with Crippen molar-refractivity contribution in [3.63, 3.8) is 0 Å². The van der Waals surface area contributed by atoms with E-state index in [4.69, 9.17) is 20.8 Å². The molecule has 4 rings (SSSR count). The van der Waals surface area contributed by atoms with Crippen LogP contribution in [0.1, 0.15) is 22.2 Å². The van der Waals surface area contributed by atoms with E-state index in [0.29, 0.717) is 48.4 Å². The van der Waals surface area contributed by atoms with Crippen LogP contribution in [0.15, 0.2) is 71.3 Å². The fraction of sp³-hybridized carbons (Fsp3) is 0.250. The molecule has 1 saturated heterocycles. The van der Waals surface area contributed by atoms with Crippen LogP contribution in [-0.2, 0) is 4.79 Å². The maximum atomic E-state index is 13.4. The Morgan fingerprint density at radius 1 is 1.09 bits per heavy atom. The molecule has 0 aliphatic carbocycles. The summed E-state index contributed by atoms with van der Waals surface area (Å²) in [6.45, 7) is 2.37. The van der Waals surface area contributed by atoms with Gasteiger partial charge < -0.3 is 24.3 Å². The number of carbonyl (C=O) groups is 2. The molecule has 8 heteroatoms. The number of piperazine rings is 1. The molecule has 166 valence electrons. The van der Waals surface area contributed by atoms with Crippen LogP contribution >= 0.6 is 11.6 Å². The van der Waals surface area contributed by atoms with Crippen molar-refractivity contribution in [1.29, 1.82) is 0 Å². The lowest BCUT2D eigenvalue weighted by Crippen LogP contribution is -3.16. The molecule has 2 aromatic carbocycles. The van der Waals surface area contributed by atoms with E-state index in [1.807, 2.05) is 30.3 Å². The minimum Gasteiger partial charge on any atom is -0.495 e. The van der Waals surface area contributed by atoms with E-state index in [0.717, 1.165) is 10.5 Å². The standard InChI is InChI=1S/C24H24ClN3O4/c1-31-20-10-9-18(16-19(20)25)26-23(29)22(17-6-3-2-4-7-17)27-11-13-28(14-12-27)24(30)21-8-5-15-32-21/h2-10,15-16,22H,11-14H2,1H3,(H,26,29)/p+1/t22-/m1/s1. The number of hydrogen-bond acceptors (Lipinski definition) is 4. The highest BCUT2D eigenvalue weighted by molar-refractivity contribution is 6.32. The SMILES string of the molecule is COc1ccc(NC(=O)[C@@H](c2ccccc2)[NH+]2CCN(C(=O)c3ccco3)CC2)cc1Cl. The molecule has 32 heavy (non-hydrogen) atoms. The molecular weight excluding hydrogens is 430 g/mol. The van der Waals surface area contributed by atoms with Crippen molar-refractivity contribution >= 4 is 29.1 Å². The van der Waals surface area contributed by atoms with Gasteiger partial charge in [-0.3, -0.25) is 9.59 Å². The second kappa shape index (κ2) is 9.89. The van der Waals surface area contributed by atoms with Crippen molar-refractivity contribution in [2.45, 2.75) is 6.04 Å². The van der Waals surface area contributed by atoms with Gasteiger partial charge in [-0.1, -0.05) is 41.9 Å². The van der Waals surface area contributed by atoms with Crippen LogP contribution in [0.2, 0.25) is 5.02 Å². The molecule has 2 N–H and O–H groups in total. The molecule has 0 unspecified atom stereocenters. The number of anilines is 1. The minimum absolute atomic E-state index is 0.123. The summed E-state index contributed by atoms with van der Waals surface area (Å²) in [6.07, 6.45) is 1.50. The Kier molecular flexibility index (Phi) is 6.78. The topological polar surface area (TPSA) is 76.2 Å². The number of furan rings is 1. The zero-order valence-corrected chi connectivity index (χ0v) is 18.5. The molecule has 0 bridgehead atoms. The van der Waals surface area contributed by atoms with Crippen molar-refractivity contribution in [2.24, 2.45) is 0 Å². The molecule has 0 saturated carbocycles. The largest absolute Gasteiger partial charge is 0.495 e. The van der Waals surface area contributed by atoms with Gasteiger partial charge in [0.05, 0.1) is 44.6 Å². The average Bonchev–Trinajstić information content (AvgIpc) is 3.35. The number of methoxy groups -OCH3 is 1. The van der Waals surface area contributed by atoms with Gasteiger partial charge >= 0.3 is 0 Å². The van der Waals surface area contributed by atoms with Gasteiger partial charge in [0.1, 0.15) is 5.75 Å². The maximum absolute atomic E-state index is 13.4. The number of quaternary nitrogens is 1. The molecule has 0 spiro atoms. The molecule has 7 nitrogen and oxygen atoms in total. The van der Waals surface area contributed by atoms with Gasteiger partial charge in [-0.25, -0.2) is 0 Å². The van der Waals surface area contributed by atoms with E-state index in [1.54, 1.807) is 42.3 Å². The predicted molar refractivity (Wildman–Crippen MR) is 121 cm³/mol. The molecule has 3 aromatic rings. The highest BCUT2D eigenvalue weighted by Crippen LogP contribution is 2.27. The summed E-state index contributed by atoms with van der Waals surface area (Å²) in [5.74, 6) is 0.635. The van der Waals surface area contributed by atoms with E-state index in [2.05, 4.69) is 5.32 Å². The number of nitrogens with one attached hydrogen (secondary N) is 2. The molecule has 1 fully saturated rings. The first-order valence-corrected chi connectivity index (χ1v) is 10.8. The Morgan fingerprint density at radius 3 is 2.47 bits per heavy atom. The molecule has 1 aromatic heterocycles. The molecule has 1 aliphatic heterocycles. The Bertz CT molecular complexity index is 1060. The van der Waals surface area contributed by atoms with Gasteiger partial charge in [0.25, 0.3) is 11.8 Å². The smallest absolute Gasteiger partial charge is 0.289 e. The lowest BCUT2D eigenvalue weighted by Gasteiger charge is -2.35. The predicted octanol–water partition coefficient (Wildman–Crippen LogP) is 2.66. The van der Waals surface area contributed by atoms with Crippen molar-refractivity contribution in [1.82, 2.24) is 4.90 Å². The Balaban J connectivity index is 1.50. The molecule has 1 atom stereocenters. The van der Waals surface area contributed by atoms with E-state index < -0.39 is 6.04 Å². The lowest BCUT2D eigenvalue weighted by molar-refractivity contribution is -0.925. The molecule has 2 amide bonds. The van der Waals surface area contributed by atoms with Crippen LogP contribution < -0.4 is 15.0 Å². The number of hydrogen-bond donors (Lipinski definition) is 2. The second-order valence-electron chi connectivity index (χ2n) is 7.61. The third kappa shape index (κ3) is 4.79. The lowest BCUT2D eigenvalue weighted by atomic mass is 10.0. The van der Waals surface area contributed by atoms with E-state index in [1.165, 1.54) is 6.26 Å². The average molecular weight is 455 g/mol. The van der Waals surface area contributed by atoms with Crippen molar-refractivity contribution in [3.8, 4) is 5.75 Å². The maximum Gasteiger partial charge on any atom is 0.289 e. The summed E-state index contributed by atoms with van der Waals surface area (Å²) in [7, 11) is 1.55. The van der Waals surface area contributed by atoms with E-state index in [9.17, 15) is 9.59 Å². The first-order valence-electron chi connectivity index (χ1n) is 10.4. The first kappa shape index (κ1) is 21.9. The number of benzene rings is 2. The second-order valence-corrected chi connectivity index (χ2v) is 8.02.